The van der Waals surface area contributed by atoms with E-state index in [1.54, 1.807) is 31.4 Å². The van der Waals surface area contributed by atoms with E-state index in [4.69, 9.17) is 10.5 Å². The molecule has 46 heavy (non-hydrogen) atoms. The van der Waals surface area contributed by atoms with Crippen molar-refractivity contribution in [1.82, 2.24) is 15.0 Å². The number of hydrogen-bond donors (Lipinski definition) is 3. The number of aryl methyl sites for hydroxylation is 2. The molecule has 240 valence electrons. The van der Waals surface area contributed by atoms with Crippen LogP contribution in [0.25, 0.3) is 0 Å². The standard InChI is InChI=1S/C36H41N5O4S/c1-23-14-19-29(24(2)22-23)41(36(44)33-30(37)31(40-46-33)34(42)39-27-12-8-5-9-13-27)32(26-15-17-28(45-3)18-16-26)35(43)38-21-20-25-10-6-4-7-11-25/h4,6-7,10-11,14-19,22,27,32H,5,8-9,12-13,20-21,37H2,1-3H3,(H,38,43)(H,39,42)/t32-/m1/s1. The molecule has 5 rings (SSSR count). The summed E-state index contributed by atoms with van der Waals surface area (Å²) in [6.45, 7) is 4.25. The van der Waals surface area contributed by atoms with Gasteiger partial charge in [-0.1, -0.05) is 79.4 Å². The number of anilines is 2. The molecule has 10 heteroatoms. The molecule has 1 atom stereocenters. The van der Waals surface area contributed by atoms with Crippen molar-refractivity contribution >= 4 is 40.6 Å². The monoisotopic (exact) mass is 639 g/mol. The molecule has 0 saturated heterocycles. The van der Waals surface area contributed by atoms with Gasteiger partial charge in [0.2, 0.25) is 5.91 Å². The van der Waals surface area contributed by atoms with E-state index >= 15 is 0 Å². The first-order valence-corrected chi connectivity index (χ1v) is 16.5. The van der Waals surface area contributed by atoms with Crippen LogP contribution < -0.4 is 26.0 Å². The van der Waals surface area contributed by atoms with Gasteiger partial charge in [0.15, 0.2) is 5.69 Å². The Hall–Kier alpha value is -4.70. The summed E-state index contributed by atoms with van der Waals surface area (Å²) in [5, 5.41) is 6.10. The molecular weight excluding hydrogens is 598 g/mol. The lowest BCUT2D eigenvalue weighted by Crippen LogP contribution is -2.44. The van der Waals surface area contributed by atoms with Gasteiger partial charge in [-0.2, -0.15) is 4.37 Å². The molecule has 1 aromatic heterocycles. The van der Waals surface area contributed by atoms with Crippen molar-refractivity contribution in [3.05, 3.63) is 106 Å². The maximum absolute atomic E-state index is 14.6. The molecule has 1 aliphatic rings. The van der Waals surface area contributed by atoms with E-state index in [0.717, 1.165) is 60.3 Å². The van der Waals surface area contributed by atoms with Crippen LogP contribution in [0.15, 0.2) is 72.8 Å². The molecule has 1 aliphatic carbocycles. The quantitative estimate of drug-likeness (QED) is 0.180. The second kappa shape index (κ2) is 15.1. The number of nitrogens with two attached hydrogens (primary N) is 1. The molecule has 1 saturated carbocycles. The van der Waals surface area contributed by atoms with Gasteiger partial charge in [0.25, 0.3) is 11.8 Å². The largest absolute Gasteiger partial charge is 0.497 e. The third kappa shape index (κ3) is 7.56. The number of rotatable bonds is 11. The minimum atomic E-state index is -1.06. The van der Waals surface area contributed by atoms with E-state index < -0.39 is 11.9 Å². The zero-order valence-corrected chi connectivity index (χ0v) is 27.4. The van der Waals surface area contributed by atoms with Gasteiger partial charge in [-0.25, -0.2) is 0 Å². The molecule has 3 amide bonds. The van der Waals surface area contributed by atoms with Gasteiger partial charge in [-0.05, 0) is 79.5 Å². The van der Waals surface area contributed by atoms with Crippen LogP contribution in [0.2, 0.25) is 0 Å². The number of methoxy groups -OCH3 is 1. The molecule has 4 N–H and O–H groups in total. The van der Waals surface area contributed by atoms with Gasteiger partial charge in [0.05, 0.1) is 12.8 Å². The maximum Gasteiger partial charge on any atom is 0.273 e. The number of nitrogens with zero attached hydrogens (tertiary/aromatic N) is 2. The number of hydrogen-bond acceptors (Lipinski definition) is 7. The molecule has 0 radical (unpaired) electrons. The fourth-order valence-electron chi connectivity index (χ4n) is 5.94. The summed E-state index contributed by atoms with van der Waals surface area (Å²) < 4.78 is 9.71. The summed E-state index contributed by atoms with van der Waals surface area (Å²) in [6.07, 6.45) is 5.72. The molecule has 0 bridgehead atoms. The number of carbonyl (C=O) groups is 3. The minimum absolute atomic E-state index is 0.0102. The van der Waals surface area contributed by atoms with Gasteiger partial charge in [0, 0.05) is 18.3 Å². The summed E-state index contributed by atoms with van der Waals surface area (Å²) in [5.74, 6) is -0.634. The minimum Gasteiger partial charge on any atom is -0.497 e. The molecule has 4 aromatic rings. The summed E-state index contributed by atoms with van der Waals surface area (Å²) >= 11 is 0.873. The molecule has 3 aromatic carbocycles. The lowest BCUT2D eigenvalue weighted by Gasteiger charge is -2.32. The Balaban J connectivity index is 1.52. The number of carbonyl (C=O) groups excluding carboxylic acids is 3. The van der Waals surface area contributed by atoms with Crippen molar-refractivity contribution in [2.75, 3.05) is 24.3 Å². The van der Waals surface area contributed by atoms with Crippen molar-refractivity contribution in [1.29, 1.82) is 0 Å². The van der Waals surface area contributed by atoms with Gasteiger partial charge in [0.1, 0.15) is 16.7 Å². The normalized spacial score (nSPS) is 13.9. The van der Waals surface area contributed by atoms with Crippen LogP contribution in [-0.4, -0.2) is 41.8 Å². The highest BCUT2D eigenvalue weighted by molar-refractivity contribution is 7.09. The lowest BCUT2D eigenvalue weighted by molar-refractivity contribution is -0.122. The first-order valence-electron chi connectivity index (χ1n) is 15.7. The Kier molecular flexibility index (Phi) is 10.7. The first-order chi connectivity index (χ1) is 22.3. The highest BCUT2D eigenvalue weighted by atomic mass is 32.1. The van der Waals surface area contributed by atoms with Crippen molar-refractivity contribution in [2.45, 2.75) is 64.5 Å². The lowest BCUT2D eigenvalue weighted by atomic mass is 9.95. The highest BCUT2D eigenvalue weighted by Crippen LogP contribution is 2.36. The van der Waals surface area contributed by atoms with Crippen LogP contribution >= 0.6 is 11.5 Å². The first kappa shape index (κ1) is 32.7. The van der Waals surface area contributed by atoms with E-state index in [0.29, 0.717) is 30.0 Å². The van der Waals surface area contributed by atoms with Crippen LogP contribution in [0.4, 0.5) is 11.4 Å². The Labute approximate surface area is 274 Å². The van der Waals surface area contributed by atoms with Crippen LogP contribution in [0.1, 0.15) is 80.6 Å². The molecular formula is C36H41N5O4S. The second-order valence-corrected chi connectivity index (χ2v) is 12.5. The summed E-state index contributed by atoms with van der Waals surface area (Å²) in [6, 6.07) is 21.7. The summed E-state index contributed by atoms with van der Waals surface area (Å²) in [5.41, 5.74) is 10.6. The van der Waals surface area contributed by atoms with Gasteiger partial charge in [-0.3, -0.25) is 19.3 Å². The third-order valence-corrected chi connectivity index (χ3v) is 9.25. The topological polar surface area (TPSA) is 127 Å². The van der Waals surface area contributed by atoms with Crippen molar-refractivity contribution in [2.24, 2.45) is 0 Å². The average Bonchev–Trinajstić information content (AvgIpc) is 3.46. The van der Waals surface area contributed by atoms with Crippen LogP contribution in [0.3, 0.4) is 0 Å². The number of nitrogens with one attached hydrogen (secondary N) is 2. The predicted octanol–water partition coefficient (Wildman–Crippen LogP) is 6.16. The molecule has 0 unspecified atom stereocenters. The smallest absolute Gasteiger partial charge is 0.273 e. The molecule has 0 aliphatic heterocycles. The highest BCUT2D eigenvalue weighted by Gasteiger charge is 2.37. The number of aromatic nitrogens is 1. The van der Waals surface area contributed by atoms with Crippen molar-refractivity contribution in [3.63, 3.8) is 0 Å². The SMILES string of the molecule is COc1ccc([C@H](C(=O)NCCc2ccccc2)N(C(=O)c2snc(C(=O)NC3CCCCC3)c2N)c2ccc(C)cc2C)cc1. The number of ether oxygens (including phenoxy) is 1. The predicted molar refractivity (Wildman–Crippen MR) is 182 cm³/mol. The molecule has 1 fully saturated rings. The number of benzene rings is 3. The number of nitrogen functional groups attached to an aromatic ring is 1. The maximum atomic E-state index is 14.6. The molecule has 0 spiro atoms. The molecule has 9 nitrogen and oxygen atoms in total. The Morgan fingerprint density at radius 2 is 1.72 bits per heavy atom. The summed E-state index contributed by atoms with van der Waals surface area (Å²) in [4.78, 5) is 43.6. The summed E-state index contributed by atoms with van der Waals surface area (Å²) in [7, 11) is 1.57. The van der Waals surface area contributed by atoms with Crippen LogP contribution in [0.5, 0.6) is 5.75 Å². The Morgan fingerprint density at radius 1 is 1.00 bits per heavy atom. The zero-order valence-electron chi connectivity index (χ0n) is 26.5. The van der Waals surface area contributed by atoms with E-state index in [-0.39, 0.29) is 34.1 Å². The van der Waals surface area contributed by atoms with E-state index in [9.17, 15) is 14.4 Å². The Morgan fingerprint density at radius 3 is 2.39 bits per heavy atom. The zero-order chi connectivity index (χ0) is 32.6. The molecule has 1 heterocycles. The number of amides is 3. The average molecular weight is 640 g/mol. The van der Waals surface area contributed by atoms with Gasteiger partial charge in [-0.15, -0.1) is 0 Å². The van der Waals surface area contributed by atoms with Gasteiger partial charge >= 0.3 is 0 Å². The van der Waals surface area contributed by atoms with Crippen molar-refractivity contribution < 1.29 is 19.1 Å². The third-order valence-electron chi connectivity index (χ3n) is 8.40. The van der Waals surface area contributed by atoms with E-state index in [1.165, 1.54) is 4.90 Å². The second-order valence-electron chi connectivity index (χ2n) is 11.7. The van der Waals surface area contributed by atoms with Gasteiger partial charge < -0.3 is 21.1 Å². The van der Waals surface area contributed by atoms with Crippen LogP contribution in [-0.2, 0) is 11.2 Å². The fourth-order valence-corrected chi connectivity index (χ4v) is 6.68. The van der Waals surface area contributed by atoms with Crippen LogP contribution in [0, 0.1) is 13.8 Å². The van der Waals surface area contributed by atoms with Crippen molar-refractivity contribution in [3.8, 4) is 5.75 Å². The Bertz CT molecular complexity index is 1670. The van der Waals surface area contributed by atoms with E-state index in [1.807, 2.05) is 62.4 Å². The van der Waals surface area contributed by atoms with E-state index in [2.05, 4.69) is 15.0 Å². The fraction of sp³-hybridized carbons (Fsp3) is 0.333.